The molecule has 29 heavy (non-hydrogen) atoms. The number of halogens is 1. The van der Waals surface area contributed by atoms with E-state index < -0.39 is 0 Å². The van der Waals surface area contributed by atoms with Crippen LogP contribution < -0.4 is 5.32 Å². The van der Waals surface area contributed by atoms with Crippen molar-refractivity contribution in [3.63, 3.8) is 0 Å². The van der Waals surface area contributed by atoms with Crippen LogP contribution in [0.15, 0.2) is 78.9 Å². The second-order valence-electron chi connectivity index (χ2n) is 6.89. The molecule has 4 nitrogen and oxygen atoms in total. The summed E-state index contributed by atoms with van der Waals surface area (Å²) in [6.07, 6.45) is 1.58. The SMILES string of the molecule is O=C(NCCc1nc2ccccc2n1CCc1ccccc1)c1ccccc1Cl. The van der Waals surface area contributed by atoms with Gasteiger partial charge in [-0.3, -0.25) is 4.79 Å². The second-order valence-corrected chi connectivity index (χ2v) is 7.30. The van der Waals surface area contributed by atoms with Crippen LogP contribution in [0.1, 0.15) is 21.7 Å². The predicted octanol–water partition coefficient (Wildman–Crippen LogP) is 4.90. The number of hydrogen-bond acceptors (Lipinski definition) is 2. The van der Waals surface area contributed by atoms with E-state index in [9.17, 15) is 4.79 Å². The lowest BCUT2D eigenvalue weighted by Gasteiger charge is -2.11. The molecule has 0 radical (unpaired) electrons. The van der Waals surface area contributed by atoms with E-state index >= 15 is 0 Å². The molecule has 0 saturated carbocycles. The predicted molar refractivity (Wildman–Crippen MR) is 117 cm³/mol. The molecule has 0 aliphatic carbocycles. The maximum Gasteiger partial charge on any atom is 0.252 e. The van der Waals surface area contributed by atoms with Gasteiger partial charge in [-0.25, -0.2) is 4.98 Å². The summed E-state index contributed by atoms with van der Waals surface area (Å²) in [6, 6.07) is 25.7. The van der Waals surface area contributed by atoms with Crippen molar-refractivity contribution in [2.75, 3.05) is 6.54 Å². The minimum Gasteiger partial charge on any atom is -0.352 e. The third-order valence-electron chi connectivity index (χ3n) is 4.95. The first kappa shape index (κ1) is 19.2. The molecule has 146 valence electrons. The maximum atomic E-state index is 12.4. The summed E-state index contributed by atoms with van der Waals surface area (Å²) in [6.45, 7) is 1.34. The number of nitrogens with one attached hydrogen (secondary N) is 1. The molecule has 0 spiro atoms. The molecule has 0 fully saturated rings. The number of fused-ring (bicyclic) bond motifs is 1. The van der Waals surface area contributed by atoms with E-state index in [-0.39, 0.29) is 5.91 Å². The topological polar surface area (TPSA) is 46.9 Å². The summed E-state index contributed by atoms with van der Waals surface area (Å²) in [7, 11) is 0. The number of rotatable bonds is 7. The van der Waals surface area contributed by atoms with Gasteiger partial charge in [-0.15, -0.1) is 0 Å². The van der Waals surface area contributed by atoms with Crippen LogP contribution in [0, 0.1) is 0 Å². The number of imidazole rings is 1. The molecule has 1 amide bonds. The van der Waals surface area contributed by atoms with Crippen molar-refractivity contribution >= 4 is 28.5 Å². The molecule has 5 heteroatoms. The van der Waals surface area contributed by atoms with Gasteiger partial charge in [0, 0.05) is 19.5 Å². The van der Waals surface area contributed by atoms with Gasteiger partial charge in [-0.2, -0.15) is 0 Å². The molecule has 4 rings (SSSR count). The lowest BCUT2D eigenvalue weighted by Crippen LogP contribution is -2.26. The average molecular weight is 404 g/mol. The van der Waals surface area contributed by atoms with Crippen molar-refractivity contribution in [3.8, 4) is 0 Å². The van der Waals surface area contributed by atoms with Gasteiger partial charge < -0.3 is 9.88 Å². The molecular formula is C24H22ClN3O. The third-order valence-corrected chi connectivity index (χ3v) is 5.28. The fourth-order valence-electron chi connectivity index (χ4n) is 3.48. The van der Waals surface area contributed by atoms with Gasteiger partial charge in [0.15, 0.2) is 0 Å². The minimum atomic E-state index is -0.164. The minimum absolute atomic E-state index is 0.164. The van der Waals surface area contributed by atoms with Crippen LogP contribution in [0.3, 0.4) is 0 Å². The Balaban J connectivity index is 1.48. The summed E-state index contributed by atoms with van der Waals surface area (Å²) in [5.74, 6) is 0.809. The number of para-hydroxylation sites is 2. The standard InChI is InChI=1S/C24H22ClN3O/c25-20-11-5-4-10-19(20)24(29)26-16-14-23-27-21-12-6-7-13-22(21)28(23)17-15-18-8-2-1-3-9-18/h1-13H,14-17H2,(H,26,29). The number of carbonyl (C=O) groups is 1. The van der Waals surface area contributed by atoms with E-state index in [4.69, 9.17) is 16.6 Å². The molecule has 0 saturated heterocycles. The molecular weight excluding hydrogens is 382 g/mol. The highest BCUT2D eigenvalue weighted by Gasteiger charge is 2.12. The van der Waals surface area contributed by atoms with E-state index in [1.165, 1.54) is 5.56 Å². The van der Waals surface area contributed by atoms with Crippen molar-refractivity contribution in [1.82, 2.24) is 14.9 Å². The van der Waals surface area contributed by atoms with Crippen LogP contribution in [0.2, 0.25) is 5.02 Å². The van der Waals surface area contributed by atoms with Crippen LogP contribution in [-0.4, -0.2) is 22.0 Å². The molecule has 0 aliphatic rings. The highest BCUT2D eigenvalue weighted by atomic mass is 35.5. The van der Waals surface area contributed by atoms with Gasteiger partial charge in [0.05, 0.1) is 21.6 Å². The Labute approximate surface area is 175 Å². The molecule has 3 aromatic carbocycles. The van der Waals surface area contributed by atoms with Gasteiger partial charge in [0.25, 0.3) is 5.91 Å². The van der Waals surface area contributed by atoms with Crippen molar-refractivity contribution < 1.29 is 4.79 Å². The molecule has 0 unspecified atom stereocenters. The summed E-state index contributed by atoms with van der Waals surface area (Å²) in [5, 5.41) is 3.42. The molecule has 0 atom stereocenters. The number of nitrogens with zero attached hydrogens (tertiary/aromatic N) is 2. The Morgan fingerprint density at radius 1 is 0.897 bits per heavy atom. The Hall–Kier alpha value is -3.11. The molecule has 0 bridgehead atoms. The lowest BCUT2D eigenvalue weighted by atomic mass is 10.1. The Morgan fingerprint density at radius 2 is 1.62 bits per heavy atom. The zero-order valence-corrected chi connectivity index (χ0v) is 16.8. The van der Waals surface area contributed by atoms with Crippen LogP contribution >= 0.6 is 11.6 Å². The largest absolute Gasteiger partial charge is 0.352 e. The first-order chi connectivity index (χ1) is 14.2. The van der Waals surface area contributed by atoms with Crippen molar-refractivity contribution in [2.24, 2.45) is 0 Å². The number of hydrogen-bond donors (Lipinski definition) is 1. The lowest BCUT2D eigenvalue weighted by molar-refractivity contribution is 0.0954. The zero-order chi connectivity index (χ0) is 20.1. The fourth-order valence-corrected chi connectivity index (χ4v) is 3.70. The molecule has 4 aromatic rings. The third kappa shape index (κ3) is 4.49. The van der Waals surface area contributed by atoms with Crippen molar-refractivity contribution in [1.29, 1.82) is 0 Å². The van der Waals surface area contributed by atoms with Crippen LogP contribution in [0.4, 0.5) is 0 Å². The highest BCUT2D eigenvalue weighted by Crippen LogP contribution is 2.18. The van der Waals surface area contributed by atoms with Crippen LogP contribution in [0.25, 0.3) is 11.0 Å². The summed E-state index contributed by atoms with van der Waals surface area (Å²) in [5.41, 5.74) is 3.89. The first-order valence-corrected chi connectivity index (χ1v) is 10.1. The van der Waals surface area contributed by atoms with Gasteiger partial charge in [0.2, 0.25) is 0 Å². The van der Waals surface area contributed by atoms with Gasteiger partial charge >= 0.3 is 0 Å². The van der Waals surface area contributed by atoms with E-state index in [1.807, 2.05) is 36.4 Å². The Bertz CT molecular complexity index is 1120. The highest BCUT2D eigenvalue weighted by molar-refractivity contribution is 6.33. The summed E-state index contributed by atoms with van der Waals surface area (Å²) >= 11 is 6.12. The Morgan fingerprint density at radius 3 is 2.45 bits per heavy atom. The van der Waals surface area contributed by atoms with E-state index in [0.29, 0.717) is 23.6 Å². The zero-order valence-electron chi connectivity index (χ0n) is 16.0. The van der Waals surface area contributed by atoms with Gasteiger partial charge in [-0.1, -0.05) is 66.2 Å². The quantitative estimate of drug-likeness (QED) is 0.476. The molecule has 1 heterocycles. The number of carbonyl (C=O) groups excluding carboxylic acids is 1. The normalized spacial score (nSPS) is 10.9. The maximum absolute atomic E-state index is 12.4. The summed E-state index contributed by atoms with van der Waals surface area (Å²) < 4.78 is 2.25. The number of aromatic nitrogens is 2. The monoisotopic (exact) mass is 403 g/mol. The smallest absolute Gasteiger partial charge is 0.252 e. The van der Waals surface area contributed by atoms with Crippen LogP contribution in [-0.2, 0) is 19.4 Å². The molecule has 0 aliphatic heterocycles. The number of amides is 1. The molecule has 1 N–H and O–H groups in total. The van der Waals surface area contributed by atoms with E-state index in [0.717, 1.165) is 29.8 Å². The molecule has 1 aromatic heterocycles. The first-order valence-electron chi connectivity index (χ1n) is 9.73. The van der Waals surface area contributed by atoms with Gasteiger partial charge in [-0.05, 0) is 36.2 Å². The number of aryl methyl sites for hydroxylation is 2. The second kappa shape index (κ2) is 8.93. The van der Waals surface area contributed by atoms with Crippen molar-refractivity contribution in [2.45, 2.75) is 19.4 Å². The van der Waals surface area contributed by atoms with E-state index in [2.05, 4.69) is 40.2 Å². The fraction of sp³-hybridized carbons (Fsp3) is 0.167. The van der Waals surface area contributed by atoms with Crippen molar-refractivity contribution in [3.05, 3.63) is 101 Å². The summed E-state index contributed by atoms with van der Waals surface area (Å²) in [4.78, 5) is 17.2. The van der Waals surface area contributed by atoms with Gasteiger partial charge in [0.1, 0.15) is 5.82 Å². The number of benzene rings is 3. The van der Waals surface area contributed by atoms with Crippen LogP contribution in [0.5, 0.6) is 0 Å². The Kier molecular flexibility index (Phi) is 5.92. The van der Waals surface area contributed by atoms with E-state index in [1.54, 1.807) is 12.1 Å². The average Bonchev–Trinajstić information content (AvgIpc) is 3.10.